The molecule has 0 spiro atoms. The summed E-state index contributed by atoms with van der Waals surface area (Å²) in [5.74, 6) is 2.11. The molecule has 1 amide bonds. The van der Waals surface area contributed by atoms with Gasteiger partial charge in [0, 0.05) is 12.6 Å². The molecule has 5 nitrogen and oxygen atoms in total. The molecule has 0 fully saturated rings. The Hall–Kier alpha value is -2.95. The normalized spacial score (nSPS) is 10.6. The quantitative estimate of drug-likeness (QED) is 0.646. The SMILES string of the molecule is CCOc1ccc(CCNC(=O)C=Cc2cccc(OC)c2)cc1OCC. The molecule has 0 heterocycles. The molecule has 0 aromatic heterocycles. The van der Waals surface area contributed by atoms with E-state index in [1.54, 1.807) is 13.2 Å². The van der Waals surface area contributed by atoms with Gasteiger partial charge < -0.3 is 19.5 Å². The zero-order valence-corrected chi connectivity index (χ0v) is 16.2. The van der Waals surface area contributed by atoms with E-state index < -0.39 is 0 Å². The van der Waals surface area contributed by atoms with E-state index in [1.165, 1.54) is 6.08 Å². The predicted molar refractivity (Wildman–Crippen MR) is 108 cm³/mol. The summed E-state index contributed by atoms with van der Waals surface area (Å²) in [7, 11) is 1.62. The Morgan fingerprint density at radius 3 is 2.56 bits per heavy atom. The Kier molecular flexibility index (Phi) is 8.23. The van der Waals surface area contributed by atoms with Gasteiger partial charge in [-0.1, -0.05) is 18.2 Å². The molecule has 0 saturated carbocycles. The fourth-order valence-corrected chi connectivity index (χ4v) is 2.56. The van der Waals surface area contributed by atoms with E-state index in [-0.39, 0.29) is 5.91 Å². The molecule has 0 saturated heterocycles. The average Bonchev–Trinajstić information content (AvgIpc) is 2.69. The molecule has 0 radical (unpaired) electrons. The van der Waals surface area contributed by atoms with E-state index in [0.717, 1.165) is 28.4 Å². The molecule has 0 unspecified atom stereocenters. The number of carbonyl (C=O) groups excluding carboxylic acids is 1. The summed E-state index contributed by atoms with van der Waals surface area (Å²) in [5, 5.41) is 2.89. The van der Waals surface area contributed by atoms with Crippen LogP contribution in [0.25, 0.3) is 6.08 Å². The summed E-state index contributed by atoms with van der Waals surface area (Å²) < 4.78 is 16.4. The fourth-order valence-electron chi connectivity index (χ4n) is 2.56. The second-order valence-electron chi connectivity index (χ2n) is 5.80. The third kappa shape index (κ3) is 6.70. The predicted octanol–water partition coefficient (Wildman–Crippen LogP) is 3.86. The summed E-state index contributed by atoms with van der Waals surface area (Å²) in [6, 6.07) is 13.4. The number of benzene rings is 2. The molecule has 5 heteroatoms. The molecule has 0 atom stereocenters. The highest BCUT2D eigenvalue weighted by Crippen LogP contribution is 2.28. The fraction of sp³-hybridized carbons (Fsp3) is 0.318. The van der Waals surface area contributed by atoms with Gasteiger partial charge in [-0.15, -0.1) is 0 Å². The minimum absolute atomic E-state index is 0.131. The average molecular weight is 369 g/mol. The van der Waals surface area contributed by atoms with Crippen LogP contribution in [0.1, 0.15) is 25.0 Å². The van der Waals surface area contributed by atoms with Crippen LogP contribution >= 0.6 is 0 Å². The Labute approximate surface area is 161 Å². The first kappa shape index (κ1) is 20.4. The highest BCUT2D eigenvalue weighted by atomic mass is 16.5. The van der Waals surface area contributed by atoms with Gasteiger partial charge in [-0.25, -0.2) is 0 Å². The van der Waals surface area contributed by atoms with E-state index in [0.29, 0.717) is 26.2 Å². The number of ether oxygens (including phenoxy) is 3. The van der Waals surface area contributed by atoms with Gasteiger partial charge in [0.2, 0.25) is 5.91 Å². The number of hydrogen-bond donors (Lipinski definition) is 1. The van der Waals surface area contributed by atoms with E-state index >= 15 is 0 Å². The monoisotopic (exact) mass is 369 g/mol. The van der Waals surface area contributed by atoms with Gasteiger partial charge in [0.25, 0.3) is 0 Å². The lowest BCUT2D eigenvalue weighted by Gasteiger charge is -2.12. The molecule has 2 aromatic carbocycles. The van der Waals surface area contributed by atoms with Gasteiger partial charge in [0.1, 0.15) is 5.75 Å². The minimum atomic E-state index is -0.131. The molecule has 2 rings (SSSR count). The number of methoxy groups -OCH3 is 1. The van der Waals surface area contributed by atoms with Crippen LogP contribution in [-0.2, 0) is 11.2 Å². The summed E-state index contributed by atoms with van der Waals surface area (Å²) in [5.41, 5.74) is 2.00. The van der Waals surface area contributed by atoms with E-state index in [4.69, 9.17) is 14.2 Å². The third-order valence-corrected chi connectivity index (χ3v) is 3.84. The smallest absolute Gasteiger partial charge is 0.244 e. The van der Waals surface area contributed by atoms with Crippen molar-refractivity contribution >= 4 is 12.0 Å². The van der Waals surface area contributed by atoms with Crippen molar-refractivity contribution in [2.45, 2.75) is 20.3 Å². The standard InChI is InChI=1S/C22H27NO4/c1-4-26-20-11-9-18(16-21(20)27-5-2)13-14-23-22(24)12-10-17-7-6-8-19(15-17)25-3/h6-12,15-16H,4-5,13-14H2,1-3H3,(H,23,24). The van der Waals surface area contributed by atoms with Crippen LogP contribution in [0.2, 0.25) is 0 Å². The van der Waals surface area contributed by atoms with Crippen molar-refractivity contribution in [1.29, 1.82) is 0 Å². The lowest BCUT2D eigenvalue weighted by Crippen LogP contribution is -2.23. The van der Waals surface area contributed by atoms with Gasteiger partial charge in [-0.3, -0.25) is 4.79 Å². The summed E-state index contributed by atoms with van der Waals surface area (Å²) in [6.07, 6.45) is 4.01. The van der Waals surface area contributed by atoms with Crippen molar-refractivity contribution in [3.63, 3.8) is 0 Å². The maximum Gasteiger partial charge on any atom is 0.244 e. The van der Waals surface area contributed by atoms with Crippen LogP contribution in [0, 0.1) is 0 Å². The first-order valence-corrected chi connectivity index (χ1v) is 9.14. The molecule has 0 aliphatic heterocycles. The van der Waals surface area contributed by atoms with Crippen molar-refractivity contribution < 1.29 is 19.0 Å². The highest BCUT2D eigenvalue weighted by Gasteiger charge is 2.06. The maximum absolute atomic E-state index is 12.0. The zero-order valence-electron chi connectivity index (χ0n) is 16.2. The van der Waals surface area contributed by atoms with Crippen molar-refractivity contribution in [3.8, 4) is 17.2 Å². The first-order valence-electron chi connectivity index (χ1n) is 9.14. The van der Waals surface area contributed by atoms with Crippen LogP contribution in [0.15, 0.2) is 48.5 Å². The summed E-state index contributed by atoms with van der Waals surface area (Å²) in [6.45, 7) is 5.60. The third-order valence-electron chi connectivity index (χ3n) is 3.84. The van der Waals surface area contributed by atoms with Gasteiger partial charge in [-0.2, -0.15) is 0 Å². The number of carbonyl (C=O) groups is 1. The second-order valence-corrected chi connectivity index (χ2v) is 5.80. The molecule has 2 aromatic rings. The minimum Gasteiger partial charge on any atom is -0.497 e. The number of amides is 1. The van der Waals surface area contributed by atoms with Crippen LogP contribution in [-0.4, -0.2) is 32.8 Å². The van der Waals surface area contributed by atoms with Crippen molar-refractivity contribution in [1.82, 2.24) is 5.32 Å². The van der Waals surface area contributed by atoms with E-state index in [9.17, 15) is 4.79 Å². The Bertz CT molecular complexity index is 771. The summed E-state index contributed by atoms with van der Waals surface area (Å²) in [4.78, 5) is 12.0. The lowest BCUT2D eigenvalue weighted by molar-refractivity contribution is -0.116. The molecule has 0 aliphatic carbocycles. The van der Waals surface area contributed by atoms with Gasteiger partial charge in [0.05, 0.1) is 20.3 Å². The van der Waals surface area contributed by atoms with Crippen molar-refractivity contribution in [3.05, 3.63) is 59.7 Å². The molecular weight excluding hydrogens is 342 g/mol. The molecule has 1 N–H and O–H groups in total. The number of hydrogen-bond acceptors (Lipinski definition) is 4. The highest BCUT2D eigenvalue weighted by molar-refractivity contribution is 5.91. The number of rotatable bonds is 10. The van der Waals surface area contributed by atoms with Crippen molar-refractivity contribution in [2.75, 3.05) is 26.9 Å². The van der Waals surface area contributed by atoms with E-state index in [1.807, 2.05) is 56.3 Å². The van der Waals surface area contributed by atoms with Gasteiger partial charge >= 0.3 is 0 Å². The molecule has 0 bridgehead atoms. The van der Waals surface area contributed by atoms with Crippen LogP contribution in [0.4, 0.5) is 0 Å². The molecule has 27 heavy (non-hydrogen) atoms. The number of nitrogens with one attached hydrogen (secondary N) is 1. The van der Waals surface area contributed by atoms with Crippen molar-refractivity contribution in [2.24, 2.45) is 0 Å². The maximum atomic E-state index is 12.0. The Morgan fingerprint density at radius 1 is 1.04 bits per heavy atom. The molecule has 0 aliphatic rings. The van der Waals surface area contributed by atoms with Gasteiger partial charge in [0.15, 0.2) is 11.5 Å². The Morgan fingerprint density at radius 2 is 1.81 bits per heavy atom. The van der Waals surface area contributed by atoms with E-state index in [2.05, 4.69) is 5.32 Å². The van der Waals surface area contributed by atoms with Gasteiger partial charge in [-0.05, 0) is 61.7 Å². The van der Waals surface area contributed by atoms with Crippen LogP contribution in [0.3, 0.4) is 0 Å². The zero-order chi connectivity index (χ0) is 19.5. The first-order chi connectivity index (χ1) is 13.2. The summed E-state index contributed by atoms with van der Waals surface area (Å²) >= 11 is 0. The molecular formula is C22H27NO4. The Balaban J connectivity index is 1.86. The van der Waals surface area contributed by atoms with Crippen LogP contribution < -0.4 is 19.5 Å². The largest absolute Gasteiger partial charge is 0.497 e. The van der Waals surface area contributed by atoms with Crippen LogP contribution in [0.5, 0.6) is 17.2 Å². The molecule has 144 valence electrons. The topological polar surface area (TPSA) is 56.8 Å². The lowest BCUT2D eigenvalue weighted by atomic mass is 10.1. The second kappa shape index (κ2) is 10.9.